The molecule has 1 spiro atoms. The van der Waals surface area contributed by atoms with Crippen LogP contribution in [0.1, 0.15) is 144 Å². The summed E-state index contributed by atoms with van der Waals surface area (Å²) in [7, 11) is -4.02. The number of ether oxygens (including phenoxy) is 2. The number of para-hydroxylation sites is 1. The molecule has 0 unspecified atom stereocenters. The number of rotatable bonds is 5. The molecule has 4 heterocycles. The minimum atomic E-state index is -4.02. The molecule has 1 saturated carbocycles. The van der Waals surface area contributed by atoms with E-state index in [1.165, 1.54) is 9.78 Å². The number of benzene rings is 1. The fourth-order valence-electron chi connectivity index (χ4n) is 8.62. The zero-order chi connectivity index (χ0) is 46.2. The number of allylic oxidation sites excluding steroid dienone is 2. The summed E-state index contributed by atoms with van der Waals surface area (Å²) in [4.78, 5) is 69.5. The van der Waals surface area contributed by atoms with Crippen LogP contribution in [-0.4, -0.2) is 93.3 Å². The number of nitrogens with zero attached hydrogens (tertiary/aromatic N) is 4. The van der Waals surface area contributed by atoms with Crippen LogP contribution in [0.4, 0.5) is 4.79 Å². The molecule has 6 bridgehead atoms. The summed E-state index contributed by atoms with van der Waals surface area (Å²) in [5, 5.41) is 6.54. The first kappa shape index (κ1) is 48.0. The third-order valence-corrected chi connectivity index (χ3v) is 14.4. The molecule has 346 valence electrons. The van der Waals surface area contributed by atoms with Gasteiger partial charge in [0.05, 0.1) is 23.5 Å². The number of amides is 4. The van der Waals surface area contributed by atoms with Crippen molar-refractivity contribution in [1.82, 2.24) is 34.8 Å². The fourth-order valence-corrected chi connectivity index (χ4v) is 11.0. The van der Waals surface area contributed by atoms with Crippen molar-refractivity contribution in [1.29, 1.82) is 0 Å². The van der Waals surface area contributed by atoms with Gasteiger partial charge in [-0.15, -0.1) is 11.3 Å². The minimum absolute atomic E-state index is 0.0312. The van der Waals surface area contributed by atoms with Gasteiger partial charge in [0.15, 0.2) is 0 Å². The van der Waals surface area contributed by atoms with Gasteiger partial charge in [0, 0.05) is 22.9 Å². The van der Waals surface area contributed by atoms with Gasteiger partial charge in [-0.1, -0.05) is 66.2 Å². The molecule has 0 radical (unpaired) electrons. The van der Waals surface area contributed by atoms with Crippen molar-refractivity contribution in [2.45, 2.75) is 169 Å². The number of hydrogen-bond donors (Lipinski definition) is 3. The van der Waals surface area contributed by atoms with Crippen LogP contribution in [0.2, 0.25) is 0 Å². The molecule has 5 atom stereocenters. The first-order valence-electron chi connectivity index (χ1n) is 22.4. The number of hydrogen-bond acceptors (Lipinski definition) is 11. The van der Waals surface area contributed by atoms with E-state index >= 15 is 0 Å². The fraction of sp³-hybridized carbons (Fsp3) is 0.652. The predicted octanol–water partition coefficient (Wildman–Crippen LogP) is 7.56. The molecule has 2 aromatic heterocycles. The minimum Gasteiger partial charge on any atom is -0.459 e. The molecular formula is C46H67N7O8S2. The number of nitrogens with one attached hydrogen (secondary N) is 3. The third kappa shape index (κ3) is 10.9. The van der Waals surface area contributed by atoms with Crippen molar-refractivity contribution in [3.8, 4) is 16.6 Å². The van der Waals surface area contributed by atoms with E-state index in [-0.39, 0.29) is 43.0 Å². The second-order valence-corrected chi connectivity index (χ2v) is 22.9. The smallest absolute Gasteiger partial charge is 0.408 e. The maximum atomic E-state index is 14.8. The molecule has 1 saturated heterocycles. The van der Waals surface area contributed by atoms with Crippen molar-refractivity contribution < 1.29 is 37.1 Å². The first-order chi connectivity index (χ1) is 29.4. The average molecular weight is 910 g/mol. The Balaban J connectivity index is 1.43. The van der Waals surface area contributed by atoms with Gasteiger partial charge in [-0.05, 0) is 103 Å². The van der Waals surface area contributed by atoms with Gasteiger partial charge in [0.1, 0.15) is 39.9 Å². The number of thiazole rings is 1. The molecule has 63 heavy (non-hydrogen) atoms. The quantitative estimate of drug-likeness (QED) is 0.216. The maximum Gasteiger partial charge on any atom is 0.408 e. The second kappa shape index (κ2) is 18.5. The van der Waals surface area contributed by atoms with Gasteiger partial charge >= 0.3 is 6.09 Å². The zero-order valence-corrected chi connectivity index (χ0v) is 40.4. The molecular weight excluding hydrogens is 843 g/mol. The van der Waals surface area contributed by atoms with Crippen LogP contribution in [-0.2, 0) is 35.6 Å². The lowest BCUT2D eigenvalue weighted by molar-refractivity contribution is -0.143. The number of aromatic nitrogens is 3. The highest BCUT2D eigenvalue weighted by atomic mass is 32.2. The first-order valence-corrected chi connectivity index (χ1v) is 24.9. The molecule has 1 aromatic carbocycles. The van der Waals surface area contributed by atoms with Gasteiger partial charge < -0.3 is 25.0 Å². The summed E-state index contributed by atoms with van der Waals surface area (Å²) in [5.74, 6) is -2.30. The number of carbonyl (C=O) groups excluding carboxylic acids is 4. The molecule has 6 rings (SSSR count). The second-order valence-electron chi connectivity index (χ2n) is 20.0. The molecule has 17 heteroatoms. The summed E-state index contributed by atoms with van der Waals surface area (Å²) in [6.07, 6.45) is 6.75. The highest BCUT2D eigenvalue weighted by Crippen LogP contribution is 2.47. The monoisotopic (exact) mass is 909 g/mol. The van der Waals surface area contributed by atoms with Crippen LogP contribution >= 0.6 is 11.3 Å². The van der Waals surface area contributed by atoms with E-state index in [0.29, 0.717) is 31.7 Å². The Kier molecular flexibility index (Phi) is 14.1. The van der Waals surface area contributed by atoms with Gasteiger partial charge in [-0.2, -0.15) is 4.98 Å². The largest absolute Gasteiger partial charge is 0.459 e. The Morgan fingerprint density at radius 1 is 1.05 bits per heavy atom. The van der Waals surface area contributed by atoms with Crippen LogP contribution < -0.4 is 20.1 Å². The summed E-state index contributed by atoms with van der Waals surface area (Å²) in [6, 6.07) is 3.98. The van der Waals surface area contributed by atoms with E-state index in [1.54, 1.807) is 32.1 Å². The maximum absolute atomic E-state index is 14.8. The molecule has 4 amide bonds. The van der Waals surface area contributed by atoms with E-state index < -0.39 is 68.6 Å². The lowest BCUT2D eigenvalue weighted by atomic mass is 9.85. The van der Waals surface area contributed by atoms with Crippen molar-refractivity contribution >= 4 is 56.2 Å². The Morgan fingerprint density at radius 2 is 1.76 bits per heavy atom. The van der Waals surface area contributed by atoms with Crippen molar-refractivity contribution in [3.05, 3.63) is 40.9 Å². The average Bonchev–Trinajstić information content (AvgIpc) is 3.45. The number of alkyl carbamates (subject to hydrolysis) is 1. The van der Waals surface area contributed by atoms with E-state index in [4.69, 9.17) is 19.4 Å². The lowest BCUT2D eigenvalue weighted by Gasteiger charge is -2.36. The van der Waals surface area contributed by atoms with Crippen LogP contribution in [0.3, 0.4) is 0 Å². The molecule has 3 aromatic rings. The summed E-state index contributed by atoms with van der Waals surface area (Å²) in [6.45, 7) is 20.8. The van der Waals surface area contributed by atoms with Crippen LogP contribution in [0.25, 0.3) is 21.6 Å². The van der Waals surface area contributed by atoms with E-state index in [0.717, 1.165) is 40.1 Å². The van der Waals surface area contributed by atoms with Gasteiger partial charge in [-0.3, -0.25) is 23.7 Å². The predicted molar refractivity (Wildman–Crippen MR) is 245 cm³/mol. The topological polar surface area (TPSA) is 191 Å². The molecule has 3 N–H and O–H groups in total. The summed E-state index contributed by atoms with van der Waals surface area (Å²) >= 11 is 1.66. The Bertz CT molecular complexity index is 2340. The van der Waals surface area contributed by atoms with Crippen LogP contribution in [0, 0.1) is 11.3 Å². The zero-order valence-electron chi connectivity index (χ0n) is 38.8. The Hall–Kier alpha value is -4.51. The lowest BCUT2D eigenvalue weighted by Crippen LogP contribution is -2.60. The summed E-state index contributed by atoms with van der Waals surface area (Å²) in [5.41, 5.74) is 0.356. The summed E-state index contributed by atoms with van der Waals surface area (Å²) < 4.78 is 43.1. The third-order valence-electron chi connectivity index (χ3n) is 11.9. The molecule has 2 aliphatic heterocycles. The van der Waals surface area contributed by atoms with Crippen molar-refractivity contribution in [3.63, 3.8) is 0 Å². The number of carbonyl (C=O) groups is 4. The Morgan fingerprint density at radius 3 is 2.40 bits per heavy atom. The number of sulfonamides is 1. The van der Waals surface area contributed by atoms with E-state index in [2.05, 4.69) is 41.4 Å². The number of fused-ring (bicyclic) bond motifs is 6. The van der Waals surface area contributed by atoms with Gasteiger partial charge in [0.25, 0.3) is 11.9 Å². The highest BCUT2D eigenvalue weighted by molar-refractivity contribution is 7.90. The molecule has 2 fully saturated rings. The highest BCUT2D eigenvalue weighted by Gasteiger charge is 2.62. The van der Waals surface area contributed by atoms with Crippen molar-refractivity contribution in [2.75, 3.05) is 12.3 Å². The number of imidazole rings is 1. The molecule has 15 nitrogen and oxygen atoms in total. The van der Waals surface area contributed by atoms with Crippen molar-refractivity contribution in [2.24, 2.45) is 11.3 Å². The van der Waals surface area contributed by atoms with E-state index in [9.17, 15) is 27.6 Å². The van der Waals surface area contributed by atoms with Crippen LogP contribution in [0.5, 0.6) is 6.01 Å². The van der Waals surface area contributed by atoms with E-state index in [1.807, 2.05) is 64.3 Å². The standard InChI is InChI=1S/C46H67N7O8S2/c1-12-29-25-46(29)41(56)51-63(58,59)23-18-16-14-13-15-17-22-34-35(27(2)3)47-39(62-34)31-20-19-21-32-36(31)48-42(53(32)28(4)5)60-30-24-33(38(54)50-46)52(26-30)40(55)37(44(6,7)8)49-43(57)61-45(9,10)11/h13,15,19-21,27-30,33,37H,12,14,16-18,22-26H2,1-11H3,(H,49,57)(H,50,54)(H,51,56)/b15-13-/t29-,30-,33+,37-,46-/m1/s1. The number of likely N-dealkylation sites (tertiary alicyclic amines) is 1. The molecule has 1 aliphatic carbocycles. The SMILES string of the molecule is CC[C@@H]1C[C@@]12NC(=O)[C@@H]1C[C@H](CN1C(=O)[C@@H](NC(=O)OC(C)(C)C)C(C)(C)C)Oc1nc3c(cccc3n1C(C)C)-c1nc(C(C)C)c(s1)CC/C=C\CCCCS(=O)(=O)NC2=O. The van der Waals surface area contributed by atoms with Gasteiger partial charge in [-0.25, -0.2) is 18.2 Å². The Labute approximate surface area is 376 Å². The van der Waals surface area contributed by atoms with Gasteiger partial charge in [0.2, 0.25) is 21.8 Å². The number of aryl methyl sites for hydroxylation is 1. The normalized spacial score (nSPS) is 24.7. The van der Waals surface area contributed by atoms with Crippen LogP contribution in [0.15, 0.2) is 30.4 Å². The molecule has 3 aliphatic rings.